The minimum absolute atomic E-state index is 0. The summed E-state index contributed by atoms with van der Waals surface area (Å²) in [5.74, 6) is 1.09. The number of anilines is 2. The van der Waals surface area contributed by atoms with Gasteiger partial charge in [0.15, 0.2) is 0 Å². The Hall–Kier alpha value is -1.76. The molecule has 4 nitrogen and oxygen atoms in total. The summed E-state index contributed by atoms with van der Waals surface area (Å²) in [6.07, 6.45) is 4.70. The highest BCUT2D eigenvalue weighted by molar-refractivity contribution is 5.53. The number of hydrogen-bond acceptors (Lipinski definition) is 4. The molecule has 1 aliphatic heterocycles. The average Bonchev–Trinajstić information content (AvgIpc) is 2.39. The van der Waals surface area contributed by atoms with Gasteiger partial charge in [-0.25, -0.2) is 4.98 Å². The number of pyridine rings is 1. The minimum atomic E-state index is 0. The maximum Gasteiger partial charge on any atom is 0.128 e. The highest BCUT2D eigenvalue weighted by Crippen LogP contribution is 2.23. The van der Waals surface area contributed by atoms with Crippen molar-refractivity contribution in [3.8, 4) is 6.07 Å². The number of nitriles is 1. The minimum Gasteiger partial charge on any atom is -0.397 e. The molecular weight excluding hydrogens is 224 g/mol. The van der Waals surface area contributed by atoms with Gasteiger partial charge in [-0.3, -0.25) is 0 Å². The fourth-order valence-electron chi connectivity index (χ4n) is 2.26. The van der Waals surface area contributed by atoms with Crippen LogP contribution in [-0.4, -0.2) is 18.1 Å². The molecule has 4 heteroatoms. The predicted molar refractivity (Wildman–Crippen MR) is 75.3 cm³/mol. The normalized spacial score (nSPS) is 18.9. The second-order valence-electron chi connectivity index (χ2n) is 4.51. The molecule has 1 saturated heterocycles. The quantitative estimate of drug-likeness (QED) is 0.871. The standard InChI is InChI=1S/C13H18N4.CH4/c1-2-11-6-13(16-8-12(11)15)17-5-3-4-10(7-14)9-17;/h6,8,10H,2-5,9,15H2,1H3;1H4. The van der Waals surface area contributed by atoms with E-state index in [0.29, 0.717) is 0 Å². The maximum atomic E-state index is 8.98. The zero-order valence-electron chi connectivity index (χ0n) is 10.2. The highest BCUT2D eigenvalue weighted by atomic mass is 15.2. The predicted octanol–water partition coefficient (Wildman–Crippen LogP) is 2.60. The Kier molecular flexibility index (Phi) is 4.96. The lowest BCUT2D eigenvalue weighted by Crippen LogP contribution is -2.35. The van der Waals surface area contributed by atoms with Gasteiger partial charge in [0, 0.05) is 13.1 Å². The fraction of sp³-hybridized carbons (Fsp3) is 0.571. The van der Waals surface area contributed by atoms with Crippen LogP contribution >= 0.6 is 0 Å². The summed E-state index contributed by atoms with van der Waals surface area (Å²) < 4.78 is 0. The summed E-state index contributed by atoms with van der Waals surface area (Å²) in [5.41, 5.74) is 7.74. The van der Waals surface area contributed by atoms with Crippen molar-refractivity contribution >= 4 is 11.5 Å². The summed E-state index contributed by atoms with van der Waals surface area (Å²) >= 11 is 0. The van der Waals surface area contributed by atoms with Crippen molar-refractivity contribution in [2.45, 2.75) is 33.6 Å². The lowest BCUT2D eigenvalue weighted by molar-refractivity contribution is 0.490. The molecule has 1 unspecified atom stereocenters. The molecule has 1 atom stereocenters. The molecular formula is C14H22N4. The zero-order chi connectivity index (χ0) is 12.3. The largest absolute Gasteiger partial charge is 0.397 e. The van der Waals surface area contributed by atoms with Gasteiger partial charge >= 0.3 is 0 Å². The van der Waals surface area contributed by atoms with Crippen LogP contribution in [0.15, 0.2) is 12.3 Å². The molecule has 1 aliphatic rings. The summed E-state index contributed by atoms with van der Waals surface area (Å²) in [6, 6.07) is 4.40. The van der Waals surface area contributed by atoms with E-state index >= 15 is 0 Å². The summed E-state index contributed by atoms with van der Waals surface area (Å²) in [4.78, 5) is 6.56. The molecule has 2 rings (SSSR count). The van der Waals surface area contributed by atoms with Crippen molar-refractivity contribution in [3.63, 3.8) is 0 Å². The number of piperidine rings is 1. The van der Waals surface area contributed by atoms with E-state index in [1.54, 1.807) is 6.20 Å². The van der Waals surface area contributed by atoms with Crippen molar-refractivity contribution < 1.29 is 0 Å². The van der Waals surface area contributed by atoms with Crippen molar-refractivity contribution in [2.24, 2.45) is 5.92 Å². The third kappa shape index (κ3) is 2.92. The zero-order valence-corrected chi connectivity index (χ0v) is 10.2. The maximum absolute atomic E-state index is 8.98. The molecule has 1 aromatic heterocycles. The molecule has 0 spiro atoms. The van der Waals surface area contributed by atoms with Gasteiger partial charge in [0.05, 0.1) is 23.9 Å². The molecule has 0 saturated carbocycles. The van der Waals surface area contributed by atoms with Crippen molar-refractivity contribution in [3.05, 3.63) is 17.8 Å². The molecule has 2 heterocycles. The monoisotopic (exact) mass is 246 g/mol. The molecule has 18 heavy (non-hydrogen) atoms. The SMILES string of the molecule is C.CCc1cc(N2CCCC(C#N)C2)ncc1N. The molecule has 98 valence electrons. The molecule has 0 aliphatic carbocycles. The Morgan fingerprint density at radius 3 is 3.06 bits per heavy atom. The smallest absolute Gasteiger partial charge is 0.128 e. The fourth-order valence-corrected chi connectivity index (χ4v) is 2.26. The van der Waals surface area contributed by atoms with Crippen LogP contribution in [0.2, 0.25) is 0 Å². The van der Waals surface area contributed by atoms with Crippen LogP contribution < -0.4 is 10.6 Å². The van der Waals surface area contributed by atoms with Crippen LogP contribution in [0.25, 0.3) is 0 Å². The van der Waals surface area contributed by atoms with Gasteiger partial charge in [-0.05, 0) is 30.9 Å². The van der Waals surface area contributed by atoms with Gasteiger partial charge in [0.2, 0.25) is 0 Å². The van der Waals surface area contributed by atoms with Crippen molar-refractivity contribution in [1.82, 2.24) is 4.98 Å². The van der Waals surface area contributed by atoms with Gasteiger partial charge < -0.3 is 10.6 Å². The third-order valence-corrected chi connectivity index (χ3v) is 3.32. The summed E-state index contributed by atoms with van der Waals surface area (Å²) in [6.45, 7) is 3.86. The number of aromatic nitrogens is 1. The summed E-state index contributed by atoms with van der Waals surface area (Å²) in [7, 11) is 0. The Labute approximate surface area is 109 Å². The lowest BCUT2D eigenvalue weighted by atomic mass is 9.99. The van der Waals surface area contributed by atoms with E-state index in [1.807, 2.05) is 0 Å². The number of aryl methyl sites for hydroxylation is 1. The second kappa shape index (κ2) is 6.25. The van der Waals surface area contributed by atoms with E-state index in [1.165, 1.54) is 0 Å². The van der Waals surface area contributed by atoms with E-state index in [-0.39, 0.29) is 13.3 Å². The van der Waals surface area contributed by atoms with Gasteiger partial charge in [0.1, 0.15) is 5.82 Å². The third-order valence-electron chi connectivity index (χ3n) is 3.32. The first-order valence-corrected chi connectivity index (χ1v) is 6.13. The molecule has 0 bridgehead atoms. The molecule has 1 fully saturated rings. The first kappa shape index (κ1) is 14.3. The van der Waals surface area contributed by atoms with E-state index in [9.17, 15) is 0 Å². The molecule has 0 amide bonds. The van der Waals surface area contributed by atoms with Gasteiger partial charge in [0.25, 0.3) is 0 Å². The van der Waals surface area contributed by atoms with Crippen LogP contribution in [0.4, 0.5) is 11.5 Å². The number of rotatable bonds is 2. The summed E-state index contributed by atoms with van der Waals surface area (Å²) in [5, 5.41) is 8.98. The van der Waals surface area contributed by atoms with Crippen LogP contribution in [-0.2, 0) is 6.42 Å². The van der Waals surface area contributed by atoms with Crippen molar-refractivity contribution in [1.29, 1.82) is 5.26 Å². The van der Waals surface area contributed by atoms with E-state index < -0.39 is 0 Å². The lowest BCUT2D eigenvalue weighted by Gasteiger charge is -2.30. The molecule has 0 aromatic carbocycles. The number of nitrogen functional groups attached to an aromatic ring is 1. The Morgan fingerprint density at radius 2 is 2.39 bits per heavy atom. The number of hydrogen-bond donors (Lipinski definition) is 1. The highest BCUT2D eigenvalue weighted by Gasteiger charge is 2.20. The van der Waals surface area contributed by atoms with Crippen LogP contribution in [0.1, 0.15) is 32.8 Å². The molecule has 2 N–H and O–H groups in total. The number of nitrogens with zero attached hydrogens (tertiary/aromatic N) is 3. The first-order valence-electron chi connectivity index (χ1n) is 6.13. The second-order valence-corrected chi connectivity index (χ2v) is 4.51. The van der Waals surface area contributed by atoms with Crippen LogP contribution in [0.5, 0.6) is 0 Å². The Balaban J connectivity index is 0.00000162. The molecule has 1 aromatic rings. The van der Waals surface area contributed by atoms with Crippen LogP contribution in [0, 0.1) is 17.2 Å². The average molecular weight is 246 g/mol. The van der Waals surface area contributed by atoms with E-state index in [0.717, 1.165) is 49.4 Å². The van der Waals surface area contributed by atoms with E-state index in [2.05, 4.69) is 28.9 Å². The number of nitrogens with two attached hydrogens (primary N) is 1. The van der Waals surface area contributed by atoms with Gasteiger partial charge in [-0.15, -0.1) is 0 Å². The van der Waals surface area contributed by atoms with Gasteiger partial charge in [-0.2, -0.15) is 5.26 Å². The van der Waals surface area contributed by atoms with Crippen LogP contribution in [0.3, 0.4) is 0 Å². The van der Waals surface area contributed by atoms with Crippen molar-refractivity contribution in [2.75, 3.05) is 23.7 Å². The Morgan fingerprint density at radius 1 is 1.61 bits per heavy atom. The van der Waals surface area contributed by atoms with E-state index in [4.69, 9.17) is 11.0 Å². The Bertz CT molecular complexity index is 436. The first-order chi connectivity index (χ1) is 8.24. The topological polar surface area (TPSA) is 65.9 Å². The molecule has 0 radical (unpaired) electrons. The van der Waals surface area contributed by atoms with Gasteiger partial charge in [-0.1, -0.05) is 14.4 Å².